The molecule has 0 atom stereocenters. The fourth-order valence-electron chi connectivity index (χ4n) is 10.3. The summed E-state index contributed by atoms with van der Waals surface area (Å²) in [4.78, 5) is 2.16. The first-order valence-corrected chi connectivity index (χ1v) is 30.3. The number of benzene rings is 9. The van der Waals surface area contributed by atoms with Crippen molar-refractivity contribution in [3.05, 3.63) is 270 Å². The van der Waals surface area contributed by atoms with E-state index in [-0.39, 0.29) is 0 Å². The lowest BCUT2D eigenvalue weighted by atomic mass is 9.92. The van der Waals surface area contributed by atoms with Crippen molar-refractivity contribution in [3.63, 3.8) is 0 Å². The van der Waals surface area contributed by atoms with E-state index >= 15 is 0 Å². The smallest absolute Gasteiger partial charge is 0.127 e. The van der Waals surface area contributed by atoms with Crippen LogP contribution in [0.4, 0.5) is 34.1 Å². The van der Waals surface area contributed by atoms with Crippen molar-refractivity contribution in [1.29, 1.82) is 0 Å². The molecular weight excluding hydrogens is 954 g/mol. The zero-order valence-corrected chi connectivity index (χ0v) is 43.1. The van der Waals surface area contributed by atoms with E-state index in [9.17, 15) is 0 Å². The molecule has 0 radical (unpaired) electrons. The van der Waals surface area contributed by atoms with E-state index in [4.69, 9.17) is 46.6 Å². The Kier molecular flexibility index (Phi) is 13.8. The van der Waals surface area contributed by atoms with E-state index in [1.807, 2.05) is 54.6 Å². The van der Waals surface area contributed by atoms with Crippen LogP contribution in [0.25, 0.3) is 15.6 Å². The van der Waals surface area contributed by atoms with Gasteiger partial charge in [-0.1, -0.05) is 153 Å². The first kappa shape index (κ1) is 47.6. The molecule has 13 heteroatoms. The van der Waals surface area contributed by atoms with Gasteiger partial charge in [-0.05, 0) is 133 Å². The third-order valence-electron chi connectivity index (χ3n) is 13.9. The summed E-state index contributed by atoms with van der Waals surface area (Å²) in [7, 11) is -8.92. The molecule has 0 saturated heterocycles. The number of nitrogens with zero attached hydrogens (tertiary/aromatic N) is 10. The highest BCUT2D eigenvalue weighted by Gasteiger charge is 2.60. The number of anilines is 3. The number of hydrogen-bond acceptors (Lipinski definition) is 7. The average molecular weight is 1010 g/mol. The molecule has 3 heterocycles. The highest BCUT2D eigenvalue weighted by molar-refractivity contribution is 7.93. The number of hydrogen-bond donors (Lipinski definition) is 0. The molecule has 9 aromatic carbocycles. The summed E-state index contributed by atoms with van der Waals surface area (Å²) in [5.74, 6) is 0. The van der Waals surface area contributed by atoms with Crippen molar-refractivity contribution in [2.75, 3.05) is 23.4 Å². The molecule has 358 valence electrons. The molecule has 3 aliphatic rings. The van der Waals surface area contributed by atoms with Gasteiger partial charge in [0.05, 0.1) is 23.9 Å². The molecule has 0 aliphatic carbocycles. The maximum Gasteiger partial charge on any atom is 0.127 e. The Labute approximate surface area is 429 Å². The predicted molar refractivity (Wildman–Crippen MR) is 309 cm³/mol. The molecule has 0 fully saturated rings. The molecule has 0 saturated carbocycles. The van der Waals surface area contributed by atoms with Crippen LogP contribution < -0.4 is 36.7 Å². The maximum atomic E-state index is 5.71. The van der Waals surface area contributed by atoms with E-state index in [1.165, 1.54) is 0 Å². The maximum absolute atomic E-state index is 5.71. The SMILES string of the molecule is CCC12C[P+](c3ccccc3)(c3ccccc3)[N-]N=Nc3cccc(c3)N(c3cccc(c3)N=N[N-][P+](c3ccccc3)(c3ccccc3)C1)c1cccc(c1)N=N[N-][P+](c1ccccc1)(c1ccccc1)C2. The molecule has 0 spiro atoms. The topological polar surface area (TPSA) is 120 Å². The standard InChI is InChI=1S/C60H53N10P3/c1-2-60-45-71(54-30-9-3-10-31-54,55-32-11-4-12-33-55)67-64-61-48-24-21-27-51(42-48)70(52-28-22-25-49(43-52)62-65-68-72(46-60,56-34-13-5-14-35-56)57-36-15-6-16-37-57)53-29-23-26-50(44-53)63-66-69-73(47-60,58-38-17-7-18-39-58)59-40-19-8-20-41-59/h3-44H,2,45-47H2,1H3. The third kappa shape index (κ3) is 9.70. The summed E-state index contributed by atoms with van der Waals surface area (Å²) in [6, 6.07) is 88.8. The molecule has 0 unspecified atom stereocenters. The number of rotatable bonds is 7. The van der Waals surface area contributed by atoms with Gasteiger partial charge in [-0.15, -0.1) is 0 Å². The van der Waals surface area contributed by atoms with Crippen LogP contribution in [0.3, 0.4) is 0 Å². The lowest BCUT2D eigenvalue weighted by molar-refractivity contribution is 0.418. The largest absolute Gasteiger partial charge is 0.348 e. The van der Waals surface area contributed by atoms with Crippen molar-refractivity contribution in [2.45, 2.75) is 13.3 Å². The zero-order chi connectivity index (χ0) is 49.4. The van der Waals surface area contributed by atoms with Gasteiger partial charge in [0.2, 0.25) is 0 Å². The second-order valence-corrected chi connectivity index (χ2v) is 27.6. The van der Waals surface area contributed by atoms with Crippen LogP contribution in [0.1, 0.15) is 13.3 Å². The molecule has 12 rings (SSSR count). The fraction of sp³-hybridized carbons (Fsp3) is 0.100. The Morgan fingerprint density at radius 3 is 0.822 bits per heavy atom. The molecule has 0 amide bonds. The van der Waals surface area contributed by atoms with Crippen LogP contribution in [0.15, 0.2) is 286 Å². The average Bonchev–Trinajstić information content (AvgIpc) is 3.46. The van der Waals surface area contributed by atoms with Crippen LogP contribution in [0.5, 0.6) is 0 Å². The van der Waals surface area contributed by atoms with Crippen LogP contribution in [0.2, 0.25) is 0 Å². The van der Waals surface area contributed by atoms with Crippen molar-refractivity contribution in [1.82, 2.24) is 0 Å². The molecule has 0 aromatic heterocycles. The lowest BCUT2D eigenvalue weighted by Crippen LogP contribution is -2.44. The van der Waals surface area contributed by atoms with Crippen LogP contribution >= 0.6 is 22.2 Å². The van der Waals surface area contributed by atoms with Gasteiger partial charge in [0, 0.05) is 17.1 Å². The molecule has 0 N–H and O–H groups in total. The zero-order valence-electron chi connectivity index (χ0n) is 40.4. The molecule has 10 nitrogen and oxygen atoms in total. The van der Waals surface area contributed by atoms with Crippen LogP contribution in [-0.2, 0) is 0 Å². The van der Waals surface area contributed by atoms with E-state index in [1.54, 1.807) is 0 Å². The van der Waals surface area contributed by atoms with Crippen molar-refractivity contribution in [3.8, 4) is 0 Å². The van der Waals surface area contributed by atoms with Crippen LogP contribution in [-0.4, -0.2) is 18.5 Å². The van der Waals surface area contributed by atoms with Gasteiger partial charge < -0.3 is 20.2 Å². The van der Waals surface area contributed by atoms with Gasteiger partial charge in [-0.2, -0.15) is 0 Å². The van der Waals surface area contributed by atoms with E-state index in [0.717, 1.165) is 48.9 Å². The van der Waals surface area contributed by atoms with E-state index in [0.29, 0.717) is 42.0 Å². The summed E-state index contributed by atoms with van der Waals surface area (Å²) in [5.41, 5.74) is 3.89. The normalized spacial score (nSPS) is 17.8. The van der Waals surface area contributed by atoms with Crippen LogP contribution in [0, 0.1) is 5.41 Å². The minimum atomic E-state index is -2.97. The first-order valence-electron chi connectivity index (χ1n) is 24.5. The minimum Gasteiger partial charge on any atom is -0.348 e. The molecule has 9 aromatic rings. The van der Waals surface area contributed by atoms with Gasteiger partial charge in [-0.3, -0.25) is 0 Å². The summed E-state index contributed by atoms with van der Waals surface area (Å²) in [6.45, 7) is 2.33. The Morgan fingerprint density at radius 2 is 0.589 bits per heavy atom. The van der Waals surface area contributed by atoms with Crippen molar-refractivity contribution < 1.29 is 0 Å². The first-order chi connectivity index (χ1) is 36.0. The Morgan fingerprint density at radius 1 is 0.342 bits per heavy atom. The van der Waals surface area contributed by atoms with Gasteiger partial charge in [0.25, 0.3) is 0 Å². The molecular formula is C60H53N10P3. The highest BCUT2D eigenvalue weighted by Crippen LogP contribution is 2.75. The molecule has 73 heavy (non-hydrogen) atoms. The van der Waals surface area contributed by atoms with Gasteiger partial charge >= 0.3 is 0 Å². The number of fused-ring (bicyclic) bond motifs is 9. The van der Waals surface area contributed by atoms with Crippen molar-refractivity contribution in [2.24, 2.45) is 36.4 Å². The van der Waals surface area contributed by atoms with Gasteiger partial charge in [0.15, 0.2) is 0 Å². The fourth-order valence-corrected chi connectivity index (χ4v) is 22.4. The minimum absolute atomic E-state index is 0.587. The van der Waals surface area contributed by atoms with Gasteiger partial charge in [-0.25, -0.2) is 31.3 Å². The Bertz CT molecular complexity index is 2890. The van der Waals surface area contributed by atoms with E-state index < -0.39 is 27.7 Å². The Balaban J connectivity index is 1.30. The second kappa shape index (κ2) is 21.2. The predicted octanol–water partition coefficient (Wildman–Crippen LogP) is 16.4. The quantitative estimate of drug-likeness (QED) is 0.145. The van der Waals surface area contributed by atoms with Crippen molar-refractivity contribution >= 4 is 88.2 Å². The lowest BCUT2D eigenvalue weighted by Gasteiger charge is -2.45. The Hall–Kier alpha value is -7.73. The third-order valence-corrected chi connectivity index (χ3v) is 25.3. The monoisotopic (exact) mass is 1010 g/mol. The van der Waals surface area contributed by atoms with E-state index in [2.05, 4.69) is 212 Å². The second-order valence-electron chi connectivity index (χ2n) is 18.4. The molecule has 8 bridgehead atoms. The summed E-state index contributed by atoms with van der Waals surface area (Å²) < 4.78 is 0. The summed E-state index contributed by atoms with van der Waals surface area (Å²) in [5, 5.41) is 53.9. The highest BCUT2D eigenvalue weighted by atomic mass is 31.2. The summed E-state index contributed by atoms with van der Waals surface area (Å²) in [6.07, 6.45) is 2.47. The van der Waals surface area contributed by atoms with Gasteiger partial charge in [0.1, 0.15) is 54.1 Å². The summed E-state index contributed by atoms with van der Waals surface area (Å²) >= 11 is 0. The molecule has 3 aliphatic heterocycles.